The molecule has 0 amide bonds. The fraction of sp³-hybridized carbons (Fsp3) is 0.357. The van der Waals surface area contributed by atoms with Crippen molar-refractivity contribution >= 4 is 46.0 Å². The van der Waals surface area contributed by atoms with Crippen molar-refractivity contribution in [1.29, 1.82) is 5.41 Å². The van der Waals surface area contributed by atoms with E-state index in [4.69, 9.17) is 17.0 Å². The van der Waals surface area contributed by atoms with Crippen molar-refractivity contribution in [2.75, 3.05) is 13.6 Å². The van der Waals surface area contributed by atoms with Crippen molar-refractivity contribution in [3.05, 3.63) is 27.9 Å². The zero-order valence-electron chi connectivity index (χ0n) is 12.2. The van der Waals surface area contributed by atoms with E-state index in [1.54, 1.807) is 36.5 Å². The molecule has 0 radical (unpaired) electrons. The third-order valence-corrected chi connectivity index (χ3v) is 4.66. The number of carbonyl (C=O) groups is 1. The lowest BCUT2D eigenvalue weighted by Gasteiger charge is -2.10. The van der Waals surface area contributed by atoms with Crippen molar-refractivity contribution in [2.24, 2.45) is 5.10 Å². The molecule has 0 unspecified atom stereocenters. The van der Waals surface area contributed by atoms with Crippen LogP contribution in [0.2, 0.25) is 0 Å². The predicted octanol–water partition coefficient (Wildman–Crippen LogP) is 3.17. The molecule has 0 saturated carbocycles. The molecular weight excluding hydrogens is 308 g/mol. The number of fused-ring (bicyclic) bond motifs is 1. The van der Waals surface area contributed by atoms with Crippen LogP contribution in [-0.4, -0.2) is 41.2 Å². The van der Waals surface area contributed by atoms with Gasteiger partial charge in [-0.05, 0) is 13.8 Å². The van der Waals surface area contributed by atoms with Crippen molar-refractivity contribution < 1.29 is 4.79 Å². The number of aromatic nitrogens is 1. The van der Waals surface area contributed by atoms with Gasteiger partial charge in [-0.15, -0.1) is 22.9 Å². The molecule has 0 atom stereocenters. The molecule has 0 bridgehead atoms. The molecule has 0 spiro atoms. The molecule has 2 aromatic heterocycles. The first-order valence-corrected chi connectivity index (χ1v) is 7.76. The van der Waals surface area contributed by atoms with Gasteiger partial charge in [0, 0.05) is 40.7 Å². The zero-order valence-corrected chi connectivity index (χ0v) is 13.8. The SMILES string of the molecule is CC(=N)CN(C)/N=C\c1c(C=O)c(C)n2cc(CCl)sc12. The normalized spacial score (nSPS) is 11.4. The van der Waals surface area contributed by atoms with Gasteiger partial charge in [0.25, 0.3) is 0 Å². The second kappa shape index (κ2) is 6.41. The summed E-state index contributed by atoms with van der Waals surface area (Å²) in [6.45, 7) is 4.10. The molecule has 2 aromatic rings. The van der Waals surface area contributed by atoms with Crippen LogP contribution in [0.1, 0.15) is 33.4 Å². The van der Waals surface area contributed by atoms with E-state index in [1.807, 2.05) is 17.5 Å². The molecule has 5 nitrogen and oxygen atoms in total. The molecule has 0 fully saturated rings. The van der Waals surface area contributed by atoms with E-state index in [1.165, 1.54) is 0 Å². The van der Waals surface area contributed by atoms with Gasteiger partial charge >= 0.3 is 0 Å². The van der Waals surface area contributed by atoms with Gasteiger partial charge in [-0.2, -0.15) is 5.10 Å². The van der Waals surface area contributed by atoms with Crippen LogP contribution in [-0.2, 0) is 5.88 Å². The Morgan fingerprint density at radius 3 is 2.86 bits per heavy atom. The monoisotopic (exact) mass is 324 g/mol. The quantitative estimate of drug-likeness (QED) is 0.384. The third kappa shape index (κ3) is 3.16. The summed E-state index contributed by atoms with van der Waals surface area (Å²) in [5, 5.41) is 13.4. The topological polar surface area (TPSA) is 60.9 Å². The maximum absolute atomic E-state index is 11.3. The molecule has 0 aliphatic heterocycles. The van der Waals surface area contributed by atoms with E-state index in [0.29, 0.717) is 23.7 Å². The van der Waals surface area contributed by atoms with E-state index in [0.717, 1.165) is 27.3 Å². The maximum atomic E-state index is 11.3. The number of hydrogen-bond acceptors (Lipinski definition) is 5. The zero-order chi connectivity index (χ0) is 15.6. The number of thiazole rings is 1. The fourth-order valence-electron chi connectivity index (χ4n) is 2.15. The Morgan fingerprint density at radius 1 is 1.57 bits per heavy atom. The van der Waals surface area contributed by atoms with E-state index >= 15 is 0 Å². The number of nitrogens with one attached hydrogen (secondary N) is 1. The largest absolute Gasteiger partial charge is 0.310 e. The lowest BCUT2D eigenvalue weighted by atomic mass is 10.2. The first-order valence-electron chi connectivity index (χ1n) is 6.41. The Kier molecular flexibility index (Phi) is 4.80. The molecule has 1 N–H and O–H groups in total. The smallest absolute Gasteiger partial charge is 0.152 e. The molecule has 0 aliphatic carbocycles. The highest BCUT2D eigenvalue weighted by Gasteiger charge is 2.16. The van der Waals surface area contributed by atoms with Crippen LogP contribution in [0.4, 0.5) is 0 Å². The minimum absolute atomic E-state index is 0.450. The molecule has 7 heteroatoms. The Hall–Kier alpha value is -1.66. The first-order chi connectivity index (χ1) is 9.97. The van der Waals surface area contributed by atoms with Gasteiger partial charge in [-0.3, -0.25) is 9.80 Å². The molecule has 21 heavy (non-hydrogen) atoms. The van der Waals surface area contributed by atoms with Gasteiger partial charge in [0.05, 0.1) is 18.6 Å². The number of halogens is 1. The lowest BCUT2D eigenvalue weighted by Crippen LogP contribution is -2.18. The highest BCUT2D eigenvalue weighted by molar-refractivity contribution is 7.18. The summed E-state index contributed by atoms with van der Waals surface area (Å²) in [5.74, 6) is 0.450. The Balaban J connectivity index is 2.45. The summed E-state index contributed by atoms with van der Waals surface area (Å²) in [7, 11) is 1.80. The summed E-state index contributed by atoms with van der Waals surface area (Å²) < 4.78 is 1.98. The van der Waals surface area contributed by atoms with E-state index in [-0.39, 0.29) is 0 Å². The lowest BCUT2D eigenvalue weighted by molar-refractivity contribution is 0.112. The maximum Gasteiger partial charge on any atom is 0.152 e. The van der Waals surface area contributed by atoms with Crippen LogP contribution >= 0.6 is 22.9 Å². The second-order valence-corrected chi connectivity index (χ2v) is 6.26. The highest BCUT2D eigenvalue weighted by atomic mass is 35.5. The predicted molar refractivity (Wildman–Crippen MR) is 88.6 cm³/mol. The molecule has 112 valence electrons. The van der Waals surface area contributed by atoms with Crippen LogP contribution in [0.15, 0.2) is 11.3 Å². The number of hydrazone groups is 1. The van der Waals surface area contributed by atoms with E-state index < -0.39 is 0 Å². The summed E-state index contributed by atoms with van der Waals surface area (Å²) in [6, 6.07) is 0. The van der Waals surface area contributed by atoms with Crippen LogP contribution in [0.25, 0.3) is 4.83 Å². The molecule has 0 aromatic carbocycles. The van der Waals surface area contributed by atoms with Crippen LogP contribution in [0, 0.1) is 12.3 Å². The Morgan fingerprint density at radius 2 is 2.29 bits per heavy atom. The van der Waals surface area contributed by atoms with Gasteiger partial charge in [-0.25, -0.2) is 0 Å². The number of carbonyl (C=O) groups excluding carboxylic acids is 1. The van der Waals surface area contributed by atoms with Gasteiger partial charge < -0.3 is 9.81 Å². The third-order valence-electron chi connectivity index (χ3n) is 3.09. The average Bonchev–Trinajstić information content (AvgIpc) is 2.94. The number of nitrogens with zero attached hydrogens (tertiary/aromatic N) is 3. The number of hydrogen-bond donors (Lipinski definition) is 1. The van der Waals surface area contributed by atoms with Crippen molar-refractivity contribution in [2.45, 2.75) is 19.7 Å². The molecule has 0 aliphatic rings. The van der Waals surface area contributed by atoms with Gasteiger partial charge in [0.15, 0.2) is 6.29 Å². The van der Waals surface area contributed by atoms with E-state index in [9.17, 15) is 4.79 Å². The molecule has 2 rings (SSSR count). The minimum Gasteiger partial charge on any atom is -0.310 e. The Bertz CT molecular complexity index is 716. The Labute approximate surface area is 132 Å². The summed E-state index contributed by atoms with van der Waals surface area (Å²) in [5.41, 5.74) is 2.87. The number of rotatable bonds is 6. The second-order valence-electron chi connectivity index (χ2n) is 4.88. The number of aryl methyl sites for hydroxylation is 1. The average molecular weight is 325 g/mol. The standard InChI is InChI=1S/C14H17ClN4OS/c1-9(16)6-18(3)17-5-12-13(8-20)10(2)19-7-11(4-15)21-14(12)19/h5,7-8,16H,4,6H2,1-3H3/b16-9?,17-5-. The fourth-order valence-corrected chi connectivity index (χ4v) is 3.41. The summed E-state index contributed by atoms with van der Waals surface area (Å²) in [6.07, 6.45) is 4.50. The van der Waals surface area contributed by atoms with Crippen LogP contribution < -0.4 is 0 Å². The van der Waals surface area contributed by atoms with Crippen LogP contribution in [0.5, 0.6) is 0 Å². The summed E-state index contributed by atoms with van der Waals surface area (Å²) in [4.78, 5) is 13.4. The molecular formula is C14H17ClN4OS. The van der Waals surface area contributed by atoms with Crippen molar-refractivity contribution in [3.63, 3.8) is 0 Å². The van der Waals surface area contributed by atoms with Gasteiger partial charge in [0.2, 0.25) is 0 Å². The number of aldehydes is 1. The molecule has 2 heterocycles. The number of alkyl halides is 1. The first kappa shape index (κ1) is 15.7. The summed E-state index contributed by atoms with van der Waals surface area (Å²) >= 11 is 7.44. The minimum atomic E-state index is 0.450. The van der Waals surface area contributed by atoms with E-state index in [2.05, 4.69) is 5.10 Å². The van der Waals surface area contributed by atoms with Crippen molar-refractivity contribution in [3.8, 4) is 0 Å². The van der Waals surface area contributed by atoms with Gasteiger partial charge in [0.1, 0.15) is 4.83 Å². The highest BCUT2D eigenvalue weighted by Crippen LogP contribution is 2.28. The van der Waals surface area contributed by atoms with Crippen molar-refractivity contribution in [1.82, 2.24) is 9.41 Å². The van der Waals surface area contributed by atoms with Gasteiger partial charge in [-0.1, -0.05) is 0 Å². The molecule has 0 saturated heterocycles. The van der Waals surface area contributed by atoms with Crippen LogP contribution in [0.3, 0.4) is 0 Å².